The standard InChI is InChI=1S/C20H24N4O3S.C19H26N4O2S/c25-20-21-19-16-6-3-5-14(16)12-15-8-7-13(18(15)19)4-1-2-10-24-11-9-17(22-24)28(26,27)23-20;20-19-16-6-3-5-14(16)12-15-8-7-13(18(15)19)4-1-2-10-23-11-9-17(22-23)26(21,24)25/h9,11-13H,1-8,10H2,(H2,21,23,25);9,11-13H,1-8,10,20H2,(H2,21,24,25). The van der Waals surface area contributed by atoms with Crippen molar-refractivity contribution < 1.29 is 21.6 Å². The molecule has 0 saturated carbocycles. The summed E-state index contributed by atoms with van der Waals surface area (Å²) in [6, 6.07) is 6.91. The molecule has 5 aliphatic rings. The van der Waals surface area contributed by atoms with E-state index in [1.54, 1.807) is 21.8 Å². The number of nitrogens with two attached hydrogens (primary N) is 2. The van der Waals surface area contributed by atoms with Gasteiger partial charge in [0.05, 0.1) is 0 Å². The molecular weight excluding hydrogens is 725 g/mol. The zero-order chi connectivity index (χ0) is 37.6. The number of rotatable bonds is 6. The highest BCUT2D eigenvalue weighted by Gasteiger charge is 2.32. The third kappa shape index (κ3) is 7.41. The van der Waals surface area contributed by atoms with Crippen molar-refractivity contribution in [3.8, 4) is 0 Å². The summed E-state index contributed by atoms with van der Waals surface area (Å²) >= 11 is 0. The van der Waals surface area contributed by atoms with E-state index in [1.807, 2.05) is 0 Å². The summed E-state index contributed by atoms with van der Waals surface area (Å²) in [5, 5.41) is 16.0. The fourth-order valence-corrected chi connectivity index (χ4v) is 10.9. The molecule has 0 fully saturated rings. The summed E-state index contributed by atoms with van der Waals surface area (Å²) in [5.74, 6) is 0.984. The van der Waals surface area contributed by atoms with Crippen molar-refractivity contribution in [3.05, 3.63) is 81.2 Å². The number of anilines is 2. The number of unbranched alkanes of at least 4 members (excludes halogenated alkanes) is 1. The van der Waals surface area contributed by atoms with Crippen LogP contribution in [0.15, 0.2) is 46.7 Å². The highest BCUT2D eigenvalue weighted by Crippen LogP contribution is 2.47. The third-order valence-electron chi connectivity index (χ3n) is 12.1. The Balaban J connectivity index is 0.000000154. The molecular formula is C39H50N8O5S2. The van der Waals surface area contributed by atoms with Gasteiger partial charge in [-0.05, 0) is 158 Å². The molecule has 2 bridgehead atoms. The Bertz CT molecular complexity index is 2310. The highest BCUT2D eigenvalue weighted by molar-refractivity contribution is 7.90. The van der Waals surface area contributed by atoms with Crippen LogP contribution in [-0.4, -0.2) is 42.4 Å². The topological polar surface area (TPSA) is 197 Å². The summed E-state index contributed by atoms with van der Waals surface area (Å²) in [6.45, 7) is 1.38. The smallest absolute Gasteiger partial charge is 0.333 e. The van der Waals surface area contributed by atoms with E-state index in [-0.39, 0.29) is 10.1 Å². The molecule has 0 spiro atoms. The lowest BCUT2D eigenvalue weighted by molar-refractivity contribution is 0.256. The lowest BCUT2D eigenvalue weighted by atomic mass is 9.90. The van der Waals surface area contributed by atoms with Gasteiger partial charge in [-0.2, -0.15) is 18.6 Å². The van der Waals surface area contributed by atoms with Gasteiger partial charge >= 0.3 is 6.03 Å². The molecule has 2 aromatic carbocycles. The van der Waals surface area contributed by atoms with E-state index >= 15 is 0 Å². The second kappa shape index (κ2) is 14.8. The van der Waals surface area contributed by atoms with Crippen LogP contribution in [0.3, 0.4) is 0 Å². The first-order valence-electron chi connectivity index (χ1n) is 19.5. The van der Waals surface area contributed by atoms with Gasteiger partial charge in [-0.1, -0.05) is 25.0 Å². The number of nitrogen functional groups attached to an aromatic ring is 1. The summed E-state index contributed by atoms with van der Waals surface area (Å²) in [7, 11) is -7.71. The molecule has 0 saturated heterocycles. The molecule has 9 rings (SSSR count). The minimum absolute atomic E-state index is 0.0659. The van der Waals surface area contributed by atoms with Gasteiger partial charge in [0.1, 0.15) is 0 Å². The number of nitrogens with one attached hydrogen (secondary N) is 2. The summed E-state index contributed by atoms with van der Waals surface area (Å²) in [4.78, 5) is 12.7. The first-order chi connectivity index (χ1) is 25.9. The van der Waals surface area contributed by atoms with Gasteiger partial charge < -0.3 is 11.1 Å². The largest absolute Gasteiger partial charge is 0.398 e. The molecule has 288 valence electrons. The van der Waals surface area contributed by atoms with E-state index < -0.39 is 26.1 Å². The molecule has 2 atom stereocenters. The molecule has 54 heavy (non-hydrogen) atoms. The number of nitrogens with zero attached hydrogens (tertiary/aromatic N) is 4. The van der Waals surface area contributed by atoms with Gasteiger partial charge in [0.15, 0.2) is 10.1 Å². The lowest BCUT2D eigenvalue weighted by Gasteiger charge is -2.21. The number of primary sulfonamides is 1. The molecule has 0 radical (unpaired) electrons. The predicted molar refractivity (Wildman–Crippen MR) is 206 cm³/mol. The van der Waals surface area contributed by atoms with E-state index in [0.717, 1.165) is 94.8 Å². The summed E-state index contributed by atoms with van der Waals surface area (Å²) in [6.07, 6.45) is 20.6. The van der Waals surface area contributed by atoms with Crippen LogP contribution >= 0.6 is 0 Å². The van der Waals surface area contributed by atoms with Crippen LogP contribution in [0.1, 0.15) is 121 Å². The third-order valence-corrected chi connectivity index (χ3v) is 14.1. The number of aryl methyl sites for hydroxylation is 6. The number of carbonyl (C=O) groups is 1. The van der Waals surface area contributed by atoms with Crippen molar-refractivity contribution in [1.29, 1.82) is 0 Å². The van der Waals surface area contributed by atoms with Crippen molar-refractivity contribution in [2.45, 2.75) is 138 Å². The maximum atomic E-state index is 12.7. The van der Waals surface area contributed by atoms with E-state index in [1.165, 1.54) is 75.9 Å². The van der Waals surface area contributed by atoms with E-state index in [0.29, 0.717) is 24.9 Å². The number of carbonyl (C=O) groups excluding carboxylic acids is 1. The number of sulfonamides is 2. The quantitative estimate of drug-likeness (QED) is 0.144. The number of hydrogen-bond donors (Lipinski definition) is 4. The van der Waals surface area contributed by atoms with Crippen LogP contribution in [0.2, 0.25) is 0 Å². The van der Waals surface area contributed by atoms with Crippen LogP contribution in [0.25, 0.3) is 0 Å². The first-order valence-corrected chi connectivity index (χ1v) is 22.5. The van der Waals surface area contributed by atoms with Crippen molar-refractivity contribution in [3.63, 3.8) is 0 Å². The molecule has 1 aliphatic heterocycles. The Morgan fingerprint density at radius 2 is 1.56 bits per heavy atom. The molecule has 2 unspecified atom stereocenters. The number of fused-ring (bicyclic) bond motifs is 6. The van der Waals surface area contributed by atoms with E-state index in [4.69, 9.17) is 10.9 Å². The minimum atomic E-state index is -3.99. The Morgan fingerprint density at radius 1 is 0.815 bits per heavy atom. The number of hydrogen-bond acceptors (Lipinski definition) is 8. The Labute approximate surface area is 317 Å². The summed E-state index contributed by atoms with van der Waals surface area (Å²) in [5.41, 5.74) is 19.3. The van der Waals surface area contributed by atoms with Crippen LogP contribution in [0, 0.1) is 0 Å². The van der Waals surface area contributed by atoms with Gasteiger partial charge in [-0.15, -0.1) is 0 Å². The lowest BCUT2D eigenvalue weighted by Crippen LogP contribution is -2.35. The molecule has 4 aromatic rings. The Kier molecular flexibility index (Phi) is 10.1. The van der Waals surface area contributed by atoms with Crippen molar-refractivity contribution >= 4 is 37.5 Å². The van der Waals surface area contributed by atoms with Crippen LogP contribution in [-0.2, 0) is 71.7 Å². The monoisotopic (exact) mass is 774 g/mol. The fraction of sp³-hybridized carbons (Fsp3) is 0.513. The van der Waals surface area contributed by atoms with Crippen molar-refractivity contribution in [2.75, 3.05) is 11.1 Å². The molecule has 3 heterocycles. The van der Waals surface area contributed by atoms with Gasteiger partial charge in [0.2, 0.25) is 0 Å². The van der Waals surface area contributed by atoms with E-state index in [2.05, 4.69) is 32.4 Å². The zero-order valence-electron chi connectivity index (χ0n) is 30.6. The molecule has 2 amide bonds. The average Bonchev–Trinajstić information content (AvgIpc) is 3.97. The van der Waals surface area contributed by atoms with Crippen LogP contribution < -0.4 is 20.9 Å². The van der Waals surface area contributed by atoms with Gasteiger partial charge in [-0.25, -0.2) is 23.1 Å². The van der Waals surface area contributed by atoms with Gasteiger partial charge in [-0.3, -0.25) is 9.36 Å². The maximum Gasteiger partial charge on any atom is 0.333 e. The van der Waals surface area contributed by atoms with Crippen molar-refractivity contribution in [2.24, 2.45) is 5.14 Å². The maximum absolute atomic E-state index is 12.7. The highest BCUT2D eigenvalue weighted by atomic mass is 32.2. The van der Waals surface area contributed by atoms with Crippen LogP contribution in [0.4, 0.5) is 16.2 Å². The predicted octanol–water partition coefficient (Wildman–Crippen LogP) is 5.60. The molecule has 15 heteroatoms. The molecule has 4 aliphatic carbocycles. The second-order valence-corrected chi connectivity index (χ2v) is 18.7. The van der Waals surface area contributed by atoms with Gasteiger partial charge in [0.25, 0.3) is 20.0 Å². The van der Waals surface area contributed by atoms with E-state index in [9.17, 15) is 21.6 Å². The van der Waals surface area contributed by atoms with Gasteiger partial charge in [0, 0.05) is 36.9 Å². The number of aromatic nitrogens is 4. The average molecular weight is 775 g/mol. The van der Waals surface area contributed by atoms with Crippen LogP contribution in [0.5, 0.6) is 0 Å². The zero-order valence-corrected chi connectivity index (χ0v) is 32.3. The van der Waals surface area contributed by atoms with Crippen molar-refractivity contribution in [1.82, 2.24) is 24.3 Å². The minimum Gasteiger partial charge on any atom is -0.398 e. The second-order valence-electron chi connectivity index (χ2n) is 15.6. The SMILES string of the molecule is Nc1c2c(cc3c1C(CCCCn1ccc(S(N)(=O)=O)n1)CC3)CCC2.O=C1Nc2c3c(cc4c2C(CCCCn2ccc(n2)S(=O)(=O)N1)CC4)CCC3. The molecule has 13 nitrogen and oxygen atoms in total. The Morgan fingerprint density at radius 3 is 2.33 bits per heavy atom. The number of urea groups is 1. The normalized spacial score (nSPS) is 21.2. The summed E-state index contributed by atoms with van der Waals surface area (Å²) < 4.78 is 53.1. The number of benzene rings is 2. The molecule has 2 aromatic heterocycles. The fourth-order valence-electron chi connectivity index (χ4n) is 9.58. The molecule has 6 N–H and O–H groups in total. The Hall–Kier alpha value is -4.21. The first kappa shape index (κ1) is 36.8. The number of amides is 2.